The Morgan fingerprint density at radius 1 is 1.27 bits per heavy atom. The van der Waals surface area contributed by atoms with Crippen molar-refractivity contribution in [3.8, 4) is 0 Å². The van der Waals surface area contributed by atoms with Gasteiger partial charge in [0, 0.05) is 18.4 Å². The van der Waals surface area contributed by atoms with E-state index >= 15 is 0 Å². The number of halogens is 1. The van der Waals surface area contributed by atoms with Gasteiger partial charge in [0.2, 0.25) is 0 Å². The first-order valence-electron chi connectivity index (χ1n) is 8.45. The van der Waals surface area contributed by atoms with Crippen LogP contribution in [-0.4, -0.2) is 46.7 Å². The average molecular weight is 376 g/mol. The van der Waals surface area contributed by atoms with Crippen molar-refractivity contribution >= 4 is 22.0 Å². The van der Waals surface area contributed by atoms with Crippen LogP contribution in [0.3, 0.4) is 0 Å². The molecule has 1 saturated carbocycles. The van der Waals surface area contributed by atoms with Crippen LogP contribution >= 0.6 is 15.9 Å². The van der Waals surface area contributed by atoms with Crippen molar-refractivity contribution in [1.82, 2.24) is 4.90 Å². The van der Waals surface area contributed by atoms with Crippen molar-refractivity contribution in [2.75, 3.05) is 18.4 Å². The van der Waals surface area contributed by atoms with Crippen LogP contribution in [0, 0.1) is 5.92 Å². The van der Waals surface area contributed by atoms with Gasteiger partial charge in [-0.05, 0) is 58.8 Å². The highest BCUT2D eigenvalue weighted by atomic mass is 79.9. The van der Waals surface area contributed by atoms with Crippen LogP contribution < -0.4 is 0 Å². The summed E-state index contributed by atoms with van der Waals surface area (Å²) in [6.45, 7) is 9.44. The van der Waals surface area contributed by atoms with Crippen molar-refractivity contribution in [1.29, 1.82) is 0 Å². The molecule has 2 fully saturated rings. The zero-order valence-electron chi connectivity index (χ0n) is 14.4. The van der Waals surface area contributed by atoms with Gasteiger partial charge in [0.15, 0.2) is 0 Å². The minimum absolute atomic E-state index is 0.118. The summed E-state index contributed by atoms with van der Waals surface area (Å²) in [7, 11) is 0. The molecule has 2 unspecified atom stereocenters. The fourth-order valence-electron chi connectivity index (χ4n) is 3.32. The van der Waals surface area contributed by atoms with E-state index in [1.54, 1.807) is 0 Å². The third-order valence-electron chi connectivity index (χ3n) is 4.63. The fraction of sp³-hybridized carbons (Fsp3) is 0.941. The van der Waals surface area contributed by atoms with E-state index in [9.17, 15) is 4.79 Å². The first-order valence-corrected chi connectivity index (χ1v) is 9.57. The molecule has 4 nitrogen and oxygen atoms in total. The van der Waals surface area contributed by atoms with Crippen molar-refractivity contribution in [2.45, 2.75) is 77.1 Å². The third kappa shape index (κ3) is 4.85. The Morgan fingerprint density at radius 2 is 1.91 bits per heavy atom. The topological polar surface area (TPSA) is 38.8 Å². The van der Waals surface area contributed by atoms with Crippen molar-refractivity contribution in [3.05, 3.63) is 0 Å². The van der Waals surface area contributed by atoms with Gasteiger partial charge in [-0.15, -0.1) is 0 Å². The second kappa shape index (κ2) is 7.08. The number of alkyl halides is 1. The molecule has 0 spiro atoms. The number of rotatable bonds is 3. The molecule has 0 radical (unpaired) electrons. The van der Waals surface area contributed by atoms with Gasteiger partial charge in [-0.3, -0.25) is 0 Å². The zero-order chi connectivity index (χ0) is 16.4. The highest BCUT2D eigenvalue weighted by molar-refractivity contribution is 9.09. The van der Waals surface area contributed by atoms with E-state index in [-0.39, 0.29) is 11.7 Å². The predicted molar refractivity (Wildman–Crippen MR) is 91.5 cm³/mol. The fourth-order valence-corrected chi connectivity index (χ4v) is 4.01. The molecule has 22 heavy (non-hydrogen) atoms. The lowest BCUT2D eigenvalue weighted by Gasteiger charge is -2.42. The van der Waals surface area contributed by atoms with E-state index in [0.717, 1.165) is 24.1 Å². The third-order valence-corrected chi connectivity index (χ3v) is 5.66. The second-order valence-corrected chi connectivity index (χ2v) is 8.50. The van der Waals surface area contributed by atoms with Gasteiger partial charge in [0.25, 0.3) is 0 Å². The van der Waals surface area contributed by atoms with Gasteiger partial charge in [-0.1, -0.05) is 22.9 Å². The largest absolute Gasteiger partial charge is 0.444 e. The van der Waals surface area contributed by atoms with Crippen molar-refractivity contribution in [3.63, 3.8) is 0 Å². The smallest absolute Gasteiger partial charge is 0.410 e. The highest BCUT2D eigenvalue weighted by Gasteiger charge is 2.40. The Bertz CT molecular complexity index is 386. The summed E-state index contributed by atoms with van der Waals surface area (Å²) >= 11 is 3.64. The summed E-state index contributed by atoms with van der Waals surface area (Å²) in [5.74, 6) is 0.777. The summed E-state index contributed by atoms with van der Waals surface area (Å²) in [5.41, 5.74) is -0.551. The Hall–Kier alpha value is -0.290. The Balaban J connectivity index is 1.86. The van der Waals surface area contributed by atoms with E-state index < -0.39 is 5.60 Å². The first kappa shape index (κ1) is 18.1. The average Bonchev–Trinajstić information content (AvgIpc) is 2.82. The van der Waals surface area contributed by atoms with E-state index in [1.165, 1.54) is 19.3 Å². The number of nitrogens with zero attached hydrogens (tertiary/aromatic N) is 1. The highest BCUT2D eigenvalue weighted by Crippen LogP contribution is 2.36. The van der Waals surface area contributed by atoms with Crippen LogP contribution in [0.4, 0.5) is 4.79 Å². The van der Waals surface area contributed by atoms with Crippen molar-refractivity contribution in [2.24, 2.45) is 5.92 Å². The van der Waals surface area contributed by atoms with E-state index in [2.05, 4.69) is 22.9 Å². The van der Waals surface area contributed by atoms with Crippen LogP contribution in [-0.2, 0) is 9.47 Å². The summed E-state index contributed by atoms with van der Waals surface area (Å²) < 4.78 is 11.9. The molecular formula is C17H30BrNO3. The number of carbonyl (C=O) groups excluding carboxylic acids is 1. The number of piperidine rings is 1. The number of ether oxygens (including phenoxy) is 2. The quantitative estimate of drug-likeness (QED) is 0.687. The molecule has 2 aliphatic rings. The lowest BCUT2D eigenvalue weighted by molar-refractivity contribution is -0.106. The van der Waals surface area contributed by atoms with E-state index in [4.69, 9.17) is 9.47 Å². The molecular weight excluding hydrogens is 346 g/mol. The molecule has 0 aromatic rings. The van der Waals surface area contributed by atoms with Crippen LogP contribution in [0.1, 0.15) is 59.8 Å². The standard InChI is InChI=1S/C17H30BrNO3/c1-13-5-6-14(11-13)21-17(12-18)7-9-19(10-8-17)15(20)22-16(2,3)4/h13-14H,5-12H2,1-4H3. The van der Waals surface area contributed by atoms with Gasteiger partial charge in [-0.2, -0.15) is 0 Å². The van der Waals surface area contributed by atoms with Gasteiger partial charge >= 0.3 is 6.09 Å². The number of carbonyl (C=O) groups is 1. The molecule has 128 valence electrons. The first-order chi connectivity index (χ1) is 10.2. The van der Waals surface area contributed by atoms with Crippen LogP contribution in [0.2, 0.25) is 0 Å². The van der Waals surface area contributed by atoms with Gasteiger partial charge < -0.3 is 14.4 Å². The molecule has 5 heteroatoms. The lowest BCUT2D eigenvalue weighted by Crippen LogP contribution is -2.51. The number of hydrogen-bond donors (Lipinski definition) is 0. The number of hydrogen-bond acceptors (Lipinski definition) is 3. The van der Waals surface area contributed by atoms with Crippen LogP contribution in [0.15, 0.2) is 0 Å². The van der Waals surface area contributed by atoms with Gasteiger partial charge in [-0.25, -0.2) is 4.79 Å². The summed E-state index contributed by atoms with van der Waals surface area (Å²) in [5, 5.41) is 0.840. The monoisotopic (exact) mass is 375 g/mol. The molecule has 1 saturated heterocycles. The van der Waals surface area contributed by atoms with Crippen LogP contribution in [0.5, 0.6) is 0 Å². The SMILES string of the molecule is CC1CCC(OC2(CBr)CCN(C(=O)OC(C)(C)C)CC2)C1. The molecule has 1 heterocycles. The molecule has 1 amide bonds. The van der Waals surface area contributed by atoms with E-state index in [0.29, 0.717) is 19.2 Å². The molecule has 0 aromatic carbocycles. The minimum Gasteiger partial charge on any atom is -0.444 e. The van der Waals surface area contributed by atoms with Gasteiger partial charge in [0.1, 0.15) is 5.60 Å². The van der Waals surface area contributed by atoms with Crippen molar-refractivity contribution < 1.29 is 14.3 Å². The molecule has 0 N–H and O–H groups in total. The molecule has 0 aromatic heterocycles. The maximum atomic E-state index is 12.2. The Kier molecular flexibility index (Phi) is 5.81. The summed E-state index contributed by atoms with van der Waals surface area (Å²) in [4.78, 5) is 14.0. The van der Waals surface area contributed by atoms with E-state index in [1.807, 2.05) is 25.7 Å². The number of amides is 1. The zero-order valence-corrected chi connectivity index (χ0v) is 15.9. The summed E-state index contributed by atoms with van der Waals surface area (Å²) in [6, 6.07) is 0. The minimum atomic E-state index is -0.433. The Morgan fingerprint density at radius 3 is 2.36 bits per heavy atom. The predicted octanol–water partition coefficient (Wildman–Crippen LogP) is 4.36. The maximum Gasteiger partial charge on any atom is 0.410 e. The Labute approximate surface area is 143 Å². The molecule has 1 aliphatic heterocycles. The molecule has 0 bridgehead atoms. The molecule has 2 atom stereocenters. The lowest BCUT2D eigenvalue weighted by atomic mass is 9.93. The van der Waals surface area contributed by atoms with Crippen LogP contribution in [0.25, 0.3) is 0 Å². The normalized spacial score (nSPS) is 28.7. The second-order valence-electron chi connectivity index (χ2n) is 7.94. The summed E-state index contributed by atoms with van der Waals surface area (Å²) in [6.07, 6.45) is 5.56. The van der Waals surface area contributed by atoms with Gasteiger partial charge in [0.05, 0.1) is 11.7 Å². The molecule has 1 aliphatic carbocycles. The number of likely N-dealkylation sites (tertiary alicyclic amines) is 1. The maximum absolute atomic E-state index is 12.2. The molecule has 2 rings (SSSR count).